The van der Waals surface area contributed by atoms with Crippen LogP contribution in [-0.4, -0.2) is 11.0 Å². The molecule has 1 aromatic carbocycles. The van der Waals surface area contributed by atoms with Crippen molar-refractivity contribution in [1.29, 1.82) is 0 Å². The second kappa shape index (κ2) is 6.86. The van der Waals surface area contributed by atoms with Gasteiger partial charge in [0.15, 0.2) is 0 Å². The van der Waals surface area contributed by atoms with Crippen LogP contribution in [0.15, 0.2) is 29.6 Å². The first-order valence-corrected chi connectivity index (χ1v) is 7.64. The third-order valence-corrected chi connectivity index (χ3v) is 4.15. The maximum Gasteiger partial charge on any atom is 0.312 e. The number of carbonyl (C=O) groups is 1. The van der Waals surface area contributed by atoms with Crippen LogP contribution in [0.2, 0.25) is 5.02 Å². The van der Waals surface area contributed by atoms with E-state index in [1.54, 1.807) is 23.5 Å². The number of nitrogens with zero attached hydrogens (tertiary/aromatic N) is 1. The summed E-state index contributed by atoms with van der Waals surface area (Å²) in [6.07, 6.45) is 0.219. The second-order valence-corrected chi connectivity index (χ2v) is 6.12. The Balaban J connectivity index is 1.84. The van der Waals surface area contributed by atoms with Crippen molar-refractivity contribution in [3.8, 4) is 0 Å². The Hall–Kier alpha value is -1.39. The number of halogens is 1. The summed E-state index contributed by atoms with van der Waals surface area (Å²) >= 11 is 7.38. The zero-order valence-electron chi connectivity index (χ0n) is 11.4. The summed E-state index contributed by atoms with van der Waals surface area (Å²) in [6.45, 7) is 4.43. The first kappa shape index (κ1) is 15.0. The minimum atomic E-state index is -0.263. The van der Waals surface area contributed by atoms with E-state index in [1.807, 2.05) is 17.5 Å². The normalized spacial score (nSPS) is 10.8. The van der Waals surface area contributed by atoms with Gasteiger partial charge in [-0.25, -0.2) is 4.98 Å². The molecule has 0 aliphatic carbocycles. The summed E-state index contributed by atoms with van der Waals surface area (Å²) in [5.74, 6) is 0.124. The molecule has 2 aromatic rings. The summed E-state index contributed by atoms with van der Waals surface area (Å²) < 4.78 is 5.22. The van der Waals surface area contributed by atoms with E-state index in [-0.39, 0.29) is 19.0 Å². The Morgan fingerprint density at radius 3 is 2.65 bits per heavy atom. The highest BCUT2D eigenvalue weighted by Crippen LogP contribution is 2.19. The number of rotatable bonds is 5. The van der Waals surface area contributed by atoms with Crippen molar-refractivity contribution in [3.05, 3.63) is 50.9 Å². The molecule has 5 heteroatoms. The summed E-state index contributed by atoms with van der Waals surface area (Å²) in [5, 5.41) is 3.63. The first-order valence-electron chi connectivity index (χ1n) is 6.39. The summed E-state index contributed by atoms with van der Waals surface area (Å²) in [4.78, 5) is 16.2. The Kier molecular flexibility index (Phi) is 5.15. The molecule has 106 valence electrons. The average Bonchev–Trinajstić information content (AvgIpc) is 2.87. The summed E-state index contributed by atoms with van der Waals surface area (Å²) in [6, 6.07) is 7.24. The van der Waals surface area contributed by atoms with Gasteiger partial charge in [-0.15, -0.1) is 11.3 Å². The van der Waals surface area contributed by atoms with E-state index in [9.17, 15) is 4.79 Å². The lowest BCUT2D eigenvalue weighted by molar-refractivity contribution is -0.144. The van der Waals surface area contributed by atoms with Gasteiger partial charge in [-0.3, -0.25) is 4.79 Å². The average molecular weight is 310 g/mol. The van der Waals surface area contributed by atoms with E-state index in [2.05, 4.69) is 18.8 Å². The zero-order valence-corrected chi connectivity index (χ0v) is 13.0. The minimum Gasteiger partial charge on any atom is -0.461 e. The summed E-state index contributed by atoms with van der Waals surface area (Å²) in [7, 11) is 0. The first-order chi connectivity index (χ1) is 9.54. The van der Waals surface area contributed by atoms with Crippen molar-refractivity contribution in [1.82, 2.24) is 4.98 Å². The van der Waals surface area contributed by atoms with E-state index in [0.29, 0.717) is 10.9 Å². The highest BCUT2D eigenvalue weighted by atomic mass is 35.5. The maximum absolute atomic E-state index is 11.7. The molecule has 0 amide bonds. The highest BCUT2D eigenvalue weighted by Gasteiger charge is 2.10. The molecular formula is C15H16ClNO2S. The Morgan fingerprint density at radius 1 is 1.35 bits per heavy atom. The van der Waals surface area contributed by atoms with E-state index >= 15 is 0 Å². The number of thiazole rings is 1. The van der Waals surface area contributed by atoms with Gasteiger partial charge in [0.2, 0.25) is 0 Å². The lowest BCUT2D eigenvalue weighted by atomic mass is 10.2. The Morgan fingerprint density at radius 2 is 2.05 bits per heavy atom. The fourth-order valence-electron chi connectivity index (χ4n) is 1.61. The number of hydrogen-bond acceptors (Lipinski definition) is 4. The fraction of sp³-hybridized carbons (Fsp3) is 0.333. The van der Waals surface area contributed by atoms with Crippen LogP contribution >= 0.6 is 22.9 Å². The minimum absolute atomic E-state index is 0.219. The van der Waals surface area contributed by atoms with Gasteiger partial charge < -0.3 is 4.74 Å². The van der Waals surface area contributed by atoms with Crippen molar-refractivity contribution in [2.45, 2.75) is 32.8 Å². The largest absolute Gasteiger partial charge is 0.461 e. The van der Waals surface area contributed by atoms with Crippen LogP contribution in [0.25, 0.3) is 0 Å². The van der Waals surface area contributed by atoms with Crippen LogP contribution in [0.4, 0.5) is 0 Å². The SMILES string of the molecule is CC(C)c1nc(CC(=O)OCc2ccc(Cl)cc2)cs1. The topological polar surface area (TPSA) is 39.2 Å². The molecule has 0 atom stereocenters. The second-order valence-electron chi connectivity index (χ2n) is 4.80. The fourth-order valence-corrected chi connectivity index (χ4v) is 2.57. The van der Waals surface area contributed by atoms with Crippen LogP contribution in [0.1, 0.15) is 36.0 Å². The highest BCUT2D eigenvalue weighted by molar-refractivity contribution is 7.09. The zero-order chi connectivity index (χ0) is 14.5. The molecule has 0 unspecified atom stereocenters. The van der Waals surface area contributed by atoms with Crippen LogP contribution in [0.5, 0.6) is 0 Å². The molecule has 0 aliphatic heterocycles. The van der Waals surface area contributed by atoms with Crippen LogP contribution in [-0.2, 0) is 22.6 Å². The van der Waals surface area contributed by atoms with Crippen molar-refractivity contribution in [2.24, 2.45) is 0 Å². The van der Waals surface area contributed by atoms with E-state index < -0.39 is 0 Å². The van der Waals surface area contributed by atoms with Crippen LogP contribution in [0.3, 0.4) is 0 Å². The third kappa shape index (κ3) is 4.32. The molecule has 0 N–H and O–H groups in total. The number of esters is 1. The van der Waals surface area contributed by atoms with Gasteiger partial charge >= 0.3 is 5.97 Å². The lowest BCUT2D eigenvalue weighted by Gasteiger charge is -2.04. The number of hydrogen-bond donors (Lipinski definition) is 0. The molecule has 1 aromatic heterocycles. The van der Waals surface area contributed by atoms with E-state index in [0.717, 1.165) is 16.3 Å². The monoisotopic (exact) mass is 309 g/mol. The van der Waals surface area contributed by atoms with Crippen LogP contribution in [0, 0.1) is 0 Å². The standard InChI is InChI=1S/C15H16ClNO2S/c1-10(2)15-17-13(9-20-15)7-14(18)19-8-11-3-5-12(16)6-4-11/h3-6,9-10H,7-8H2,1-2H3. The quantitative estimate of drug-likeness (QED) is 0.777. The molecule has 0 fully saturated rings. The Labute approximate surface area is 127 Å². The van der Waals surface area contributed by atoms with Crippen molar-refractivity contribution in [3.63, 3.8) is 0 Å². The van der Waals surface area contributed by atoms with E-state index in [4.69, 9.17) is 16.3 Å². The van der Waals surface area contributed by atoms with Crippen molar-refractivity contribution >= 4 is 28.9 Å². The lowest BCUT2D eigenvalue weighted by Crippen LogP contribution is -2.08. The smallest absolute Gasteiger partial charge is 0.312 e. The molecule has 2 rings (SSSR count). The molecular weight excluding hydrogens is 294 g/mol. The molecule has 20 heavy (non-hydrogen) atoms. The summed E-state index contributed by atoms with van der Waals surface area (Å²) in [5.41, 5.74) is 1.70. The maximum atomic E-state index is 11.7. The number of carbonyl (C=O) groups excluding carboxylic acids is 1. The van der Waals surface area contributed by atoms with E-state index in [1.165, 1.54) is 0 Å². The predicted octanol–water partition coefficient (Wildman–Crippen LogP) is 4.21. The van der Waals surface area contributed by atoms with Gasteiger partial charge in [0, 0.05) is 16.3 Å². The van der Waals surface area contributed by atoms with Gasteiger partial charge in [-0.2, -0.15) is 0 Å². The molecule has 0 bridgehead atoms. The third-order valence-electron chi connectivity index (χ3n) is 2.70. The molecule has 0 saturated carbocycles. The number of ether oxygens (including phenoxy) is 1. The molecule has 3 nitrogen and oxygen atoms in total. The van der Waals surface area contributed by atoms with Crippen LogP contribution < -0.4 is 0 Å². The van der Waals surface area contributed by atoms with Gasteiger partial charge in [0.05, 0.1) is 17.1 Å². The number of aromatic nitrogens is 1. The molecule has 0 aliphatic rings. The predicted molar refractivity (Wildman–Crippen MR) is 81.2 cm³/mol. The molecule has 1 heterocycles. The Bertz CT molecular complexity index is 578. The van der Waals surface area contributed by atoms with Crippen molar-refractivity contribution < 1.29 is 9.53 Å². The van der Waals surface area contributed by atoms with Gasteiger partial charge in [-0.1, -0.05) is 37.6 Å². The van der Waals surface area contributed by atoms with Crippen molar-refractivity contribution in [2.75, 3.05) is 0 Å². The molecule has 0 radical (unpaired) electrons. The van der Waals surface area contributed by atoms with Gasteiger partial charge in [0.1, 0.15) is 6.61 Å². The van der Waals surface area contributed by atoms with Gasteiger partial charge in [0.25, 0.3) is 0 Å². The molecule has 0 spiro atoms. The number of benzene rings is 1. The molecule has 0 saturated heterocycles. The van der Waals surface area contributed by atoms with Gasteiger partial charge in [-0.05, 0) is 17.7 Å².